The highest BCUT2D eigenvalue weighted by atomic mass is 16.6. The molecule has 0 aromatic heterocycles. The molecule has 0 unspecified atom stereocenters. The van der Waals surface area contributed by atoms with E-state index in [1.165, 1.54) is 0 Å². The lowest BCUT2D eigenvalue weighted by atomic mass is 9.96. The van der Waals surface area contributed by atoms with Crippen molar-refractivity contribution in [3.05, 3.63) is 35.4 Å². The van der Waals surface area contributed by atoms with E-state index in [1.54, 1.807) is 6.07 Å². The zero-order valence-corrected chi connectivity index (χ0v) is 9.13. The minimum atomic E-state index is -0.451. The van der Waals surface area contributed by atoms with Crippen LogP contribution in [0.25, 0.3) is 0 Å². The molecule has 14 heavy (non-hydrogen) atoms. The van der Waals surface area contributed by atoms with Gasteiger partial charge in [-0.2, -0.15) is 0 Å². The van der Waals surface area contributed by atoms with Gasteiger partial charge in [-0.15, -0.1) is 0 Å². The molecule has 1 aliphatic heterocycles. The summed E-state index contributed by atoms with van der Waals surface area (Å²) < 4.78 is 5.18. The standard InChI is InChI=1S/C10H10O2.C2H6/c1-10(2)8-6-4-3-5-7(8)9(11)12-10;1-2/h3-6H,1-2H3;1-2H3. The summed E-state index contributed by atoms with van der Waals surface area (Å²) in [7, 11) is 0. The Morgan fingerprint density at radius 1 is 1.14 bits per heavy atom. The fraction of sp³-hybridized carbons (Fsp3) is 0.417. The second-order valence-corrected chi connectivity index (χ2v) is 3.45. The molecule has 76 valence electrons. The number of esters is 1. The van der Waals surface area contributed by atoms with Crippen molar-refractivity contribution >= 4 is 5.97 Å². The van der Waals surface area contributed by atoms with Crippen molar-refractivity contribution in [2.24, 2.45) is 0 Å². The van der Waals surface area contributed by atoms with Crippen LogP contribution < -0.4 is 0 Å². The number of rotatable bonds is 0. The molecule has 0 spiro atoms. The Hall–Kier alpha value is -1.31. The number of benzene rings is 1. The van der Waals surface area contributed by atoms with Crippen molar-refractivity contribution < 1.29 is 9.53 Å². The molecule has 2 rings (SSSR count). The lowest BCUT2D eigenvalue weighted by molar-refractivity contribution is 0.00954. The van der Waals surface area contributed by atoms with Crippen molar-refractivity contribution in [3.63, 3.8) is 0 Å². The molecule has 1 aliphatic rings. The SMILES string of the molecule is CC.CC1(C)OC(=O)c2ccccc21. The van der Waals surface area contributed by atoms with Crippen molar-refractivity contribution in [1.29, 1.82) is 0 Å². The number of fused-ring (bicyclic) bond motifs is 1. The van der Waals surface area contributed by atoms with Crippen LogP contribution in [0.3, 0.4) is 0 Å². The van der Waals surface area contributed by atoms with Gasteiger partial charge in [0.05, 0.1) is 5.56 Å². The summed E-state index contributed by atoms with van der Waals surface area (Å²) in [4.78, 5) is 11.3. The summed E-state index contributed by atoms with van der Waals surface area (Å²) >= 11 is 0. The van der Waals surface area contributed by atoms with Crippen molar-refractivity contribution in [2.45, 2.75) is 33.3 Å². The van der Waals surface area contributed by atoms with E-state index < -0.39 is 5.60 Å². The molecular formula is C12H16O2. The second kappa shape index (κ2) is 3.82. The summed E-state index contributed by atoms with van der Waals surface area (Å²) in [6.45, 7) is 7.80. The number of carbonyl (C=O) groups excluding carboxylic acids is 1. The van der Waals surface area contributed by atoms with Gasteiger partial charge in [-0.3, -0.25) is 0 Å². The van der Waals surface area contributed by atoms with Crippen molar-refractivity contribution in [2.75, 3.05) is 0 Å². The van der Waals surface area contributed by atoms with Crippen LogP contribution in [-0.4, -0.2) is 5.97 Å². The first-order valence-electron chi connectivity index (χ1n) is 4.94. The fourth-order valence-corrected chi connectivity index (χ4v) is 1.53. The van der Waals surface area contributed by atoms with E-state index in [0.29, 0.717) is 5.56 Å². The molecule has 0 radical (unpaired) electrons. The second-order valence-electron chi connectivity index (χ2n) is 3.45. The van der Waals surface area contributed by atoms with Crippen LogP contribution in [0.5, 0.6) is 0 Å². The van der Waals surface area contributed by atoms with E-state index in [9.17, 15) is 4.79 Å². The summed E-state index contributed by atoms with van der Waals surface area (Å²) in [5.41, 5.74) is 1.23. The summed E-state index contributed by atoms with van der Waals surface area (Å²) in [6.07, 6.45) is 0. The minimum absolute atomic E-state index is 0.212. The highest BCUT2D eigenvalue weighted by Gasteiger charge is 2.36. The third kappa shape index (κ3) is 1.65. The van der Waals surface area contributed by atoms with Crippen LogP contribution >= 0.6 is 0 Å². The Morgan fingerprint density at radius 3 is 2.29 bits per heavy atom. The minimum Gasteiger partial charge on any atom is -0.451 e. The molecule has 0 amide bonds. The molecule has 0 saturated carbocycles. The average Bonchev–Trinajstić information content (AvgIpc) is 2.42. The fourth-order valence-electron chi connectivity index (χ4n) is 1.53. The maximum Gasteiger partial charge on any atom is 0.339 e. The maximum atomic E-state index is 11.3. The van der Waals surface area contributed by atoms with Gasteiger partial charge in [0.2, 0.25) is 0 Å². The topological polar surface area (TPSA) is 26.3 Å². The largest absolute Gasteiger partial charge is 0.451 e. The van der Waals surface area contributed by atoms with Crippen molar-refractivity contribution in [3.8, 4) is 0 Å². The molecular weight excluding hydrogens is 176 g/mol. The molecule has 0 N–H and O–H groups in total. The van der Waals surface area contributed by atoms with Crippen LogP contribution in [0.4, 0.5) is 0 Å². The number of carbonyl (C=O) groups is 1. The molecule has 2 heteroatoms. The molecule has 2 nitrogen and oxygen atoms in total. The maximum absolute atomic E-state index is 11.3. The normalized spacial score (nSPS) is 16.4. The van der Waals surface area contributed by atoms with Crippen LogP contribution in [-0.2, 0) is 10.3 Å². The van der Waals surface area contributed by atoms with E-state index in [1.807, 2.05) is 45.9 Å². The third-order valence-corrected chi connectivity index (χ3v) is 2.14. The van der Waals surface area contributed by atoms with E-state index >= 15 is 0 Å². The molecule has 1 aromatic carbocycles. The number of hydrogen-bond donors (Lipinski definition) is 0. The summed E-state index contributed by atoms with van der Waals surface area (Å²) in [6, 6.07) is 7.50. The smallest absolute Gasteiger partial charge is 0.339 e. The average molecular weight is 192 g/mol. The Labute approximate surface area is 84.9 Å². The first-order valence-corrected chi connectivity index (χ1v) is 4.94. The number of hydrogen-bond acceptors (Lipinski definition) is 2. The predicted molar refractivity (Wildman–Crippen MR) is 56.2 cm³/mol. The van der Waals surface area contributed by atoms with Gasteiger partial charge in [-0.05, 0) is 19.9 Å². The first-order chi connectivity index (χ1) is 6.61. The van der Waals surface area contributed by atoms with E-state index in [-0.39, 0.29) is 5.97 Å². The third-order valence-electron chi connectivity index (χ3n) is 2.14. The van der Waals surface area contributed by atoms with E-state index in [2.05, 4.69) is 0 Å². The highest BCUT2D eigenvalue weighted by molar-refractivity contribution is 5.94. The van der Waals surface area contributed by atoms with Gasteiger partial charge in [-0.1, -0.05) is 32.0 Å². The number of ether oxygens (including phenoxy) is 1. The lowest BCUT2D eigenvalue weighted by Crippen LogP contribution is -2.15. The zero-order chi connectivity index (χ0) is 10.8. The molecule has 0 saturated heterocycles. The van der Waals surface area contributed by atoms with Gasteiger partial charge in [0.1, 0.15) is 5.60 Å². The van der Waals surface area contributed by atoms with Crippen LogP contribution in [0.2, 0.25) is 0 Å². The molecule has 0 fully saturated rings. The highest BCUT2D eigenvalue weighted by Crippen LogP contribution is 2.34. The van der Waals surface area contributed by atoms with E-state index in [0.717, 1.165) is 5.56 Å². The Bertz CT molecular complexity index is 340. The quantitative estimate of drug-likeness (QED) is 0.590. The van der Waals surface area contributed by atoms with Gasteiger partial charge in [-0.25, -0.2) is 4.79 Å². The van der Waals surface area contributed by atoms with Crippen LogP contribution in [0, 0.1) is 0 Å². The predicted octanol–water partition coefficient (Wildman–Crippen LogP) is 3.12. The molecule has 0 bridgehead atoms. The van der Waals surface area contributed by atoms with E-state index in [4.69, 9.17) is 4.74 Å². The summed E-state index contributed by atoms with van der Waals surface area (Å²) in [5, 5.41) is 0. The van der Waals surface area contributed by atoms with Gasteiger partial charge in [0, 0.05) is 5.56 Å². The number of cyclic esters (lactones) is 1. The Kier molecular flexibility index (Phi) is 2.94. The Morgan fingerprint density at radius 2 is 1.71 bits per heavy atom. The summed E-state index contributed by atoms with van der Waals surface area (Å²) in [5.74, 6) is -0.212. The van der Waals surface area contributed by atoms with Gasteiger partial charge in [0.15, 0.2) is 0 Å². The molecule has 1 aromatic rings. The molecule has 0 aliphatic carbocycles. The van der Waals surface area contributed by atoms with Gasteiger partial charge in [0.25, 0.3) is 0 Å². The van der Waals surface area contributed by atoms with Crippen LogP contribution in [0.1, 0.15) is 43.6 Å². The molecule has 1 heterocycles. The monoisotopic (exact) mass is 192 g/mol. The Balaban J connectivity index is 0.000000461. The zero-order valence-electron chi connectivity index (χ0n) is 9.13. The van der Waals surface area contributed by atoms with Gasteiger partial charge < -0.3 is 4.74 Å². The van der Waals surface area contributed by atoms with Crippen molar-refractivity contribution in [1.82, 2.24) is 0 Å². The first kappa shape index (κ1) is 10.8. The molecule has 0 atom stereocenters. The lowest BCUT2D eigenvalue weighted by Gasteiger charge is -2.16. The van der Waals surface area contributed by atoms with Crippen LogP contribution in [0.15, 0.2) is 24.3 Å². The van der Waals surface area contributed by atoms with Gasteiger partial charge >= 0.3 is 5.97 Å².